The van der Waals surface area contributed by atoms with Gasteiger partial charge in [-0.1, -0.05) is 15.9 Å². The van der Waals surface area contributed by atoms with E-state index in [0.29, 0.717) is 10.9 Å². The molecule has 0 saturated carbocycles. The highest BCUT2D eigenvalue weighted by Gasteiger charge is 2.17. The topological polar surface area (TPSA) is 92.4 Å². The van der Waals surface area contributed by atoms with E-state index in [4.69, 9.17) is 10.8 Å². The second-order valence-corrected chi connectivity index (χ2v) is 5.77. The Labute approximate surface area is 124 Å². The highest BCUT2D eigenvalue weighted by Crippen LogP contribution is 2.21. The number of halogens is 1. The lowest BCUT2D eigenvalue weighted by Gasteiger charge is -2.13. The summed E-state index contributed by atoms with van der Waals surface area (Å²) in [5.74, 6) is -0.700. The molecule has 0 heterocycles. The number of hydrogen-bond acceptors (Lipinski definition) is 4. The predicted octanol–water partition coefficient (Wildman–Crippen LogP) is 2.17. The van der Waals surface area contributed by atoms with Gasteiger partial charge < -0.3 is 16.2 Å². The van der Waals surface area contributed by atoms with Gasteiger partial charge in [0.25, 0.3) is 0 Å². The van der Waals surface area contributed by atoms with Crippen LogP contribution < -0.4 is 11.1 Å². The van der Waals surface area contributed by atoms with Crippen molar-refractivity contribution in [3.05, 3.63) is 28.2 Å². The van der Waals surface area contributed by atoms with Crippen LogP contribution in [0.5, 0.6) is 0 Å². The van der Waals surface area contributed by atoms with Crippen LogP contribution >= 0.6 is 27.7 Å². The molecule has 0 aliphatic heterocycles. The number of benzene rings is 1. The molecule has 7 heteroatoms. The summed E-state index contributed by atoms with van der Waals surface area (Å²) in [6, 6.07) is 3.99. The lowest BCUT2D eigenvalue weighted by atomic mass is 10.1. The first-order valence-corrected chi connectivity index (χ1v) is 7.72. The van der Waals surface area contributed by atoms with Crippen LogP contribution in [-0.4, -0.2) is 35.0 Å². The molecule has 4 N–H and O–H groups in total. The molecular formula is C12H15BrN2O3S. The molecule has 0 aromatic heterocycles. The summed E-state index contributed by atoms with van der Waals surface area (Å²) in [4.78, 5) is 22.9. The van der Waals surface area contributed by atoms with E-state index in [0.717, 1.165) is 5.75 Å². The molecule has 1 amide bonds. The third-order valence-corrected chi connectivity index (χ3v) is 3.58. The number of nitrogens with one attached hydrogen (secondary N) is 1. The monoisotopic (exact) mass is 346 g/mol. The molecule has 5 nitrogen and oxygen atoms in total. The minimum absolute atomic E-state index is 0.0276. The maximum atomic E-state index is 11.8. The summed E-state index contributed by atoms with van der Waals surface area (Å²) in [6.07, 6.45) is 2.48. The number of nitrogens with two attached hydrogens (primary N) is 1. The Morgan fingerprint density at radius 2 is 2.21 bits per heavy atom. The Morgan fingerprint density at radius 1 is 1.53 bits per heavy atom. The van der Waals surface area contributed by atoms with Gasteiger partial charge >= 0.3 is 5.97 Å². The van der Waals surface area contributed by atoms with E-state index >= 15 is 0 Å². The Morgan fingerprint density at radius 3 is 2.79 bits per heavy atom. The SMILES string of the molecule is CSCC[C@@H](N)C(=O)Nc1ccc(Br)cc1C(=O)O. The zero-order chi connectivity index (χ0) is 14.4. The summed E-state index contributed by atoms with van der Waals surface area (Å²) in [5, 5.41) is 11.6. The van der Waals surface area contributed by atoms with Gasteiger partial charge in [0.1, 0.15) is 0 Å². The van der Waals surface area contributed by atoms with E-state index < -0.39 is 12.0 Å². The van der Waals surface area contributed by atoms with Crippen molar-refractivity contribution in [2.24, 2.45) is 5.73 Å². The normalized spacial score (nSPS) is 11.9. The fraction of sp³-hybridized carbons (Fsp3) is 0.333. The van der Waals surface area contributed by atoms with E-state index in [1.807, 2.05) is 6.26 Å². The van der Waals surface area contributed by atoms with Crippen LogP contribution in [0.3, 0.4) is 0 Å². The Hall–Kier alpha value is -1.05. The molecular weight excluding hydrogens is 332 g/mol. The highest BCUT2D eigenvalue weighted by molar-refractivity contribution is 9.10. The summed E-state index contributed by atoms with van der Waals surface area (Å²) in [5.41, 5.74) is 6.00. The lowest BCUT2D eigenvalue weighted by Crippen LogP contribution is -2.36. The molecule has 0 saturated heterocycles. The fourth-order valence-corrected chi connectivity index (χ4v) is 2.25. The third-order valence-electron chi connectivity index (χ3n) is 2.44. The van der Waals surface area contributed by atoms with Crippen LogP contribution in [0.25, 0.3) is 0 Å². The molecule has 1 atom stereocenters. The van der Waals surface area contributed by atoms with E-state index in [1.165, 1.54) is 12.1 Å². The van der Waals surface area contributed by atoms with Gasteiger partial charge in [-0.05, 0) is 36.6 Å². The van der Waals surface area contributed by atoms with Crippen LogP contribution in [0.15, 0.2) is 22.7 Å². The van der Waals surface area contributed by atoms with Crippen molar-refractivity contribution in [3.63, 3.8) is 0 Å². The maximum absolute atomic E-state index is 11.8. The molecule has 19 heavy (non-hydrogen) atoms. The number of carbonyl (C=O) groups is 2. The largest absolute Gasteiger partial charge is 0.478 e. The van der Waals surface area contributed by atoms with Gasteiger partial charge in [-0.2, -0.15) is 11.8 Å². The van der Waals surface area contributed by atoms with Crippen molar-refractivity contribution in [2.75, 3.05) is 17.3 Å². The van der Waals surface area contributed by atoms with Crippen molar-refractivity contribution in [2.45, 2.75) is 12.5 Å². The molecule has 0 spiro atoms. The van der Waals surface area contributed by atoms with Gasteiger partial charge in [0.05, 0.1) is 17.3 Å². The van der Waals surface area contributed by atoms with Gasteiger partial charge in [0.15, 0.2) is 0 Å². The van der Waals surface area contributed by atoms with Crippen molar-refractivity contribution < 1.29 is 14.7 Å². The van der Waals surface area contributed by atoms with E-state index in [1.54, 1.807) is 17.8 Å². The number of amides is 1. The number of hydrogen-bond donors (Lipinski definition) is 3. The summed E-state index contributed by atoms with van der Waals surface area (Å²) >= 11 is 4.79. The van der Waals surface area contributed by atoms with Crippen molar-refractivity contribution in [1.29, 1.82) is 0 Å². The van der Waals surface area contributed by atoms with Crippen LogP contribution in [0.2, 0.25) is 0 Å². The number of carbonyl (C=O) groups excluding carboxylic acids is 1. The molecule has 0 fully saturated rings. The summed E-state index contributed by atoms with van der Waals surface area (Å²) in [7, 11) is 0. The minimum atomic E-state index is -1.10. The van der Waals surface area contributed by atoms with Crippen molar-refractivity contribution >= 4 is 45.3 Å². The smallest absolute Gasteiger partial charge is 0.337 e. The molecule has 0 unspecified atom stereocenters. The quantitative estimate of drug-likeness (QED) is 0.733. The zero-order valence-corrected chi connectivity index (χ0v) is 12.8. The van der Waals surface area contributed by atoms with Crippen LogP contribution in [0, 0.1) is 0 Å². The van der Waals surface area contributed by atoms with E-state index in [2.05, 4.69) is 21.2 Å². The Balaban J connectivity index is 2.81. The standard InChI is InChI=1S/C12H15BrN2O3S/c1-19-5-4-9(14)11(16)15-10-3-2-7(13)6-8(10)12(17)18/h2-3,6,9H,4-5,14H2,1H3,(H,15,16)(H,17,18)/t9-/m1/s1. The van der Waals surface area contributed by atoms with Gasteiger partial charge in [-0.15, -0.1) is 0 Å². The molecule has 0 aliphatic carbocycles. The van der Waals surface area contributed by atoms with Crippen LogP contribution in [0.4, 0.5) is 5.69 Å². The fourth-order valence-electron chi connectivity index (χ4n) is 1.40. The number of anilines is 1. The number of thioether (sulfide) groups is 1. The van der Waals surface area contributed by atoms with Gasteiger partial charge in [0.2, 0.25) is 5.91 Å². The van der Waals surface area contributed by atoms with Gasteiger partial charge in [-0.25, -0.2) is 4.79 Å². The van der Waals surface area contributed by atoms with Crippen LogP contribution in [0.1, 0.15) is 16.8 Å². The summed E-state index contributed by atoms with van der Waals surface area (Å²) < 4.78 is 0.634. The Bertz CT molecular complexity index is 482. The first-order chi connectivity index (χ1) is 8.95. The zero-order valence-electron chi connectivity index (χ0n) is 10.4. The number of rotatable bonds is 6. The summed E-state index contributed by atoms with van der Waals surface area (Å²) in [6.45, 7) is 0. The Kier molecular flexibility index (Phi) is 6.33. The number of carboxylic acids is 1. The molecule has 0 radical (unpaired) electrons. The second-order valence-electron chi connectivity index (χ2n) is 3.87. The van der Waals surface area contributed by atoms with Crippen LogP contribution in [-0.2, 0) is 4.79 Å². The predicted molar refractivity (Wildman–Crippen MR) is 80.7 cm³/mol. The van der Waals surface area contributed by atoms with Crippen molar-refractivity contribution in [3.8, 4) is 0 Å². The van der Waals surface area contributed by atoms with E-state index in [-0.39, 0.29) is 17.2 Å². The molecule has 0 bridgehead atoms. The molecule has 104 valence electrons. The first-order valence-electron chi connectivity index (χ1n) is 5.54. The molecule has 0 aliphatic rings. The van der Waals surface area contributed by atoms with E-state index in [9.17, 15) is 9.59 Å². The molecule has 1 rings (SSSR count). The average molecular weight is 347 g/mol. The molecule has 1 aromatic carbocycles. The third kappa shape index (κ3) is 4.85. The lowest BCUT2D eigenvalue weighted by molar-refractivity contribution is -0.117. The van der Waals surface area contributed by atoms with Gasteiger partial charge in [0, 0.05) is 4.47 Å². The second kappa shape index (κ2) is 7.52. The molecule has 1 aromatic rings. The van der Waals surface area contributed by atoms with Crippen molar-refractivity contribution in [1.82, 2.24) is 0 Å². The first kappa shape index (κ1) is 16.0. The van der Waals surface area contributed by atoms with Gasteiger partial charge in [-0.3, -0.25) is 4.79 Å². The minimum Gasteiger partial charge on any atom is -0.478 e. The average Bonchev–Trinajstić information content (AvgIpc) is 2.37. The highest BCUT2D eigenvalue weighted by atomic mass is 79.9. The number of aromatic carboxylic acids is 1. The number of carboxylic acid groups (broad SMARTS) is 1. The maximum Gasteiger partial charge on any atom is 0.337 e.